The van der Waals surface area contributed by atoms with Crippen LogP contribution in [0.1, 0.15) is 12.6 Å². The zero-order chi connectivity index (χ0) is 16.8. The predicted molar refractivity (Wildman–Crippen MR) is 80.5 cm³/mol. The van der Waals surface area contributed by atoms with Gasteiger partial charge in [-0.3, -0.25) is 14.6 Å². The lowest BCUT2D eigenvalue weighted by atomic mass is 10.2. The van der Waals surface area contributed by atoms with Crippen molar-refractivity contribution in [3.05, 3.63) is 59.9 Å². The molecular weight excluding hydrogens is 304 g/mol. The molecule has 2 amide bonds. The Kier molecular flexibility index (Phi) is 5.35. The van der Waals surface area contributed by atoms with Crippen LogP contribution in [0.5, 0.6) is 0 Å². The maximum absolute atomic E-state index is 13.8. The fraction of sp³-hybridized carbons (Fsp3) is 0.188. The number of hydrogen-bond acceptors (Lipinski definition) is 3. The molecule has 1 aromatic carbocycles. The first-order chi connectivity index (χ1) is 11.0. The number of carbonyl (C=O) groups excluding carboxylic acids is 2. The Balaban J connectivity index is 2.04. The third kappa shape index (κ3) is 4.57. The molecule has 1 N–H and O–H groups in total. The molecule has 0 aliphatic rings. The molecule has 0 radical (unpaired) electrons. The minimum atomic E-state index is -0.905. The molecule has 0 spiro atoms. The van der Waals surface area contributed by atoms with Crippen LogP contribution in [0.4, 0.5) is 14.5 Å². The fourth-order valence-electron chi connectivity index (χ4n) is 1.96. The Labute approximate surface area is 131 Å². The molecule has 0 aliphatic carbocycles. The van der Waals surface area contributed by atoms with Crippen LogP contribution in [-0.4, -0.2) is 23.3 Å². The molecule has 1 heterocycles. The summed E-state index contributed by atoms with van der Waals surface area (Å²) < 4.78 is 26.7. The third-order valence-corrected chi connectivity index (χ3v) is 3.08. The maximum Gasteiger partial charge on any atom is 0.240 e. The van der Waals surface area contributed by atoms with Gasteiger partial charge in [0.1, 0.15) is 18.2 Å². The van der Waals surface area contributed by atoms with Gasteiger partial charge in [0.2, 0.25) is 11.8 Å². The third-order valence-electron chi connectivity index (χ3n) is 3.08. The Morgan fingerprint density at radius 1 is 1.22 bits per heavy atom. The van der Waals surface area contributed by atoms with E-state index < -0.39 is 23.4 Å². The van der Waals surface area contributed by atoms with Crippen LogP contribution in [0, 0.1) is 11.6 Å². The van der Waals surface area contributed by atoms with Gasteiger partial charge in [-0.1, -0.05) is 6.07 Å². The van der Waals surface area contributed by atoms with Gasteiger partial charge in [0, 0.05) is 19.2 Å². The summed E-state index contributed by atoms with van der Waals surface area (Å²) in [4.78, 5) is 28.6. The lowest BCUT2D eigenvalue weighted by Gasteiger charge is -2.21. The monoisotopic (exact) mass is 319 g/mol. The van der Waals surface area contributed by atoms with Gasteiger partial charge in [-0.25, -0.2) is 8.78 Å². The molecule has 2 rings (SSSR count). The average molecular weight is 319 g/mol. The van der Waals surface area contributed by atoms with Crippen LogP contribution in [-0.2, 0) is 16.1 Å². The topological polar surface area (TPSA) is 62.3 Å². The SMILES string of the molecule is CC(=O)N(CC(=O)NCc1ccccn1)c1ccc(F)cc1F. The number of carbonyl (C=O) groups is 2. The summed E-state index contributed by atoms with van der Waals surface area (Å²) in [5, 5.41) is 2.59. The molecule has 0 unspecified atom stereocenters. The number of nitrogens with zero attached hydrogens (tertiary/aromatic N) is 2. The van der Waals surface area contributed by atoms with Crippen molar-refractivity contribution in [1.82, 2.24) is 10.3 Å². The van der Waals surface area contributed by atoms with Crippen LogP contribution in [0.25, 0.3) is 0 Å². The first-order valence-corrected chi connectivity index (χ1v) is 6.87. The molecule has 5 nitrogen and oxygen atoms in total. The Morgan fingerprint density at radius 2 is 2.00 bits per heavy atom. The summed E-state index contributed by atoms with van der Waals surface area (Å²) in [7, 11) is 0. The Morgan fingerprint density at radius 3 is 2.61 bits per heavy atom. The second-order valence-electron chi connectivity index (χ2n) is 4.80. The van der Waals surface area contributed by atoms with Crippen LogP contribution in [0.3, 0.4) is 0 Å². The maximum atomic E-state index is 13.8. The first-order valence-electron chi connectivity index (χ1n) is 6.87. The highest BCUT2D eigenvalue weighted by molar-refractivity contribution is 5.97. The second kappa shape index (κ2) is 7.44. The lowest BCUT2D eigenvalue weighted by Crippen LogP contribution is -2.40. The zero-order valence-corrected chi connectivity index (χ0v) is 12.4. The highest BCUT2D eigenvalue weighted by Crippen LogP contribution is 2.20. The van der Waals surface area contributed by atoms with Crippen molar-refractivity contribution < 1.29 is 18.4 Å². The van der Waals surface area contributed by atoms with Crippen molar-refractivity contribution in [3.8, 4) is 0 Å². The van der Waals surface area contributed by atoms with Crippen LogP contribution in [0.2, 0.25) is 0 Å². The van der Waals surface area contributed by atoms with Crippen LogP contribution in [0.15, 0.2) is 42.6 Å². The number of nitrogens with one attached hydrogen (secondary N) is 1. The number of amides is 2. The van der Waals surface area contributed by atoms with Gasteiger partial charge in [-0.05, 0) is 24.3 Å². The number of benzene rings is 1. The smallest absolute Gasteiger partial charge is 0.240 e. The second-order valence-corrected chi connectivity index (χ2v) is 4.80. The molecule has 0 fully saturated rings. The molecule has 1 aromatic heterocycles. The van der Waals surface area contributed by atoms with E-state index in [1.807, 2.05) is 0 Å². The molecule has 2 aromatic rings. The zero-order valence-electron chi connectivity index (χ0n) is 12.4. The summed E-state index contributed by atoms with van der Waals surface area (Å²) in [6.45, 7) is 1.02. The largest absolute Gasteiger partial charge is 0.349 e. The minimum Gasteiger partial charge on any atom is -0.349 e. The van der Waals surface area contributed by atoms with E-state index >= 15 is 0 Å². The summed E-state index contributed by atoms with van der Waals surface area (Å²) in [5.41, 5.74) is 0.509. The van der Waals surface area contributed by atoms with E-state index in [0.717, 1.165) is 17.0 Å². The Bertz CT molecular complexity index is 708. The average Bonchev–Trinajstić information content (AvgIpc) is 2.52. The fourth-order valence-corrected chi connectivity index (χ4v) is 1.96. The predicted octanol–water partition coefficient (Wildman–Crippen LogP) is 2.03. The van der Waals surface area contributed by atoms with Gasteiger partial charge in [0.15, 0.2) is 0 Å². The van der Waals surface area contributed by atoms with Crippen molar-refractivity contribution in [2.24, 2.45) is 0 Å². The van der Waals surface area contributed by atoms with Gasteiger partial charge in [0.05, 0.1) is 17.9 Å². The van der Waals surface area contributed by atoms with E-state index in [9.17, 15) is 18.4 Å². The van der Waals surface area contributed by atoms with Crippen LogP contribution < -0.4 is 10.2 Å². The number of halogens is 2. The van der Waals surface area contributed by atoms with Gasteiger partial charge < -0.3 is 10.2 Å². The van der Waals surface area contributed by atoms with E-state index in [2.05, 4.69) is 10.3 Å². The van der Waals surface area contributed by atoms with E-state index in [1.165, 1.54) is 6.92 Å². The molecule has 0 saturated carbocycles. The molecule has 120 valence electrons. The number of hydrogen-bond donors (Lipinski definition) is 1. The van der Waals surface area contributed by atoms with Crippen molar-refractivity contribution in [2.75, 3.05) is 11.4 Å². The molecule has 0 bridgehead atoms. The van der Waals surface area contributed by atoms with E-state index in [1.54, 1.807) is 24.4 Å². The standard InChI is InChI=1S/C16H15F2N3O2/c1-11(22)21(15-6-5-12(17)8-14(15)18)10-16(23)20-9-13-4-2-3-7-19-13/h2-8H,9-10H2,1H3,(H,20,23). The van der Waals surface area contributed by atoms with Gasteiger partial charge >= 0.3 is 0 Å². The molecule has 7 heteroatoms. The summed E-state index contributed by atoms with van der Waals surface area (Å²) in [6.07, 6.45) is 1.59. The normalized spacial score (nSPS) is 10.2. The van der Waals surface area contributed by atoms with E-state index in [4.69, 9.17) is 0 Å². The summed E-state index contributed by atoms with van der Waals surface area (Å²) in [6, 6.07) is 8.09. The van der Waals surface area contributed by atoms with E-state index in [-0.39, 0.29) is 18.8 Å². The van der Waals surface area contributed by atoms with E-state index in [0.29, 0.717) is 11.8 Å². The van der Waals surface area contributed by atoms with Crippen molar-refractivity contribution in [2.45, 2.75) is 13.5 Å². The number of pyridine rings is 1. The van der Waals surface area contributed by atoms with Gasteiger partial charge in [-0.2, -0.15) is 0 Å². The quantitative estimate of drug-likeness (QED) is 0.917. The lowest BCUT2D eigenvalue weighted by molar-refractivity contribution is -0.123. The molecule has 0 atom stereocenters. The summed E-state index contributed by atoms with van der Waals surface area (Å²) in [5.74, 6) is -2.66. The Hall–Kier alpha value is -2.83. The molecule has 0 aliphatic heterocycles. The number of anilines is 1. The van der Waals surface area contributed by atoms with Crippen LogP contribution >= 0.6 is 0 Å². The number of aromatic nitrogens is 1. The van der Waals surface area contributed by atoms with Crippen molar-refractivity contribution >= 4 is 17.5 Å². The number of rotatable bonds is 5. The highest BCUT2D eigenvalue weighted by atomic mass is 19.1. The van der Waals surface area contributed by atoms with Gasteiger partial charge in [0.25, 0.3) is 0 Å². The van der Waals surface area contributed by atoms with Gasteiger partial charge in [-0.15, -0.1) is 0 Å². The molecular formula is C16H15F2N3O2. The highest BCUT2D eigenvalue weighted by Gasteiger charge is 2.19. The minimum absolute atomic E-state index is 0.146. The van der Waals surface area contributed by atoms with Crippen molar-refractivity contribution in [1.29, 1.82) is 0 Å². The van der Waals surface area contributed by atoms with Crippen molar-refractivity contribution in [3.63, 3.8) is 0 Å². The first kappa shape index (κ1) is 16.5. The summed E-state index contributed by atoms with van der Waals surface area (Å²) >= 11 is 0. The molecule has 23 heavy (non-hydrogen) atoms. The molecule has 0 saturated heterocycles.